The molecular formula is C17H22Cl2N4. The third-order valence-electron chi connectivity index (χ3n) is 3.81. The zero-order valence-corrected chi connectivity index (χ0v) is 15.0. The second kappa shape index (κ2) is 8.37. The van der Waals surface area contributed by atoms with Crippen molar-refractivity contribution in [3.05, 3.63) is 34.6 Å². The highest BCUT2D eigenvalue weighted by Gasteiger charge is 2.15. The van der Waals surface area contributed by atoms with Crippen molar-refractivity contribution in [1.82, 2.24) is 9.97 Å². The number of benzene rings is 1. The molecule has 6 heteroatoms. The predicted molar refractivity (Wildman–Crippen MR) is 99.1 cm³/mol. The van der Waals surface area contributed by atoms with Crippen LogP contribution in [0.4, 0.5) is 11.5 Å². The van der Waals surface area contributed by atoms with Crippen LogP contribution >= 0.6 is 23.2 Å². The van der Waals surface area contributed by atoms with Gasteiger partial charge in [0.05, 0.1) is 5.02 Å². The highest BCUT2D eigenvalue weighted by molar-refractivity contribution is 6.36. The molecule has 124 valence electrons. The lowest BCUT2D eigenvalue weighted by atomic mass is 10.1. The zero-order chi connectivity index (χ0) is 16.8. The lowest BCUT2D eigenvalue weighted by Crippen LogP contribution is -2.20. The summed E-state index contributed by atoms with van der Waals surface area (Å²) < 4.78 is 0. The quantitative estimate of drug-likeness (QED) is 0.698. The first-order valence-electron chi connectivity index (χ1n) is 7.89. The van der Waals surface area contributed by atoms with E-state index < -0.39 is 0 Å². The summed E-state index contributed by atoms with van der Waals surface area (Å²) in [5.74, 6) is 0.656. The van der Waals surface area contributed by atoms with Gasteiger partial charge in [0.1, 0.15) is 17.7 Å². The van der Waals surface area contributed by atoms with Gasteiger partial charge in [0.2, 0.25) is 0 Å². The number of nitrogens with one attached hydrogen (secondary N) is 1. The molecule has 1 unspecified atom stereocenters. The zero-order valence-electron chi connectivity index (χ0n) is 13.4. The Kier molecular flexibility index (Phi) is 6.48. The van der Waals surface area contributed by atoms with Crippen LogP contribution in [0.2, 0.25) is 10.0 Å². The molecule has 1 aromatic carbocycles. The van der Waals surface area contributed by atoms with E-state index in [1.54, 1.807) is 12.1 Å². The highest BCUT2D eigenvalue weighted by atomic mass is 35.5. The number of hydrogen-bond acceptors (Lipinski definition) is 4. The Bertz CT molecular complexity index is 661. The molecule has 2 aromatic rings. The standard InChI is InChI=1S/C17H22Cl2N4/c1-3-5-6-12(4-2)23-17-15(20)16(21-10-22-17)13-8-7-11(18)9-14(13)19/h7-10,12H,3-6,20H2,1-2H3,(H,21,22,23). The number of nitrogen functional groups attached to an aromatic ring is 1. The summed E-state index contributed by atoms with van der Waals surface area (Å²) in [6.07, 6.45) is 5.95. The van der Waals surface area contributed by atoms with Gasteiger partial charge in [-0.25, -0.2) is 9.97 Å². The fraction of sp³-hybridized carbons (Fsp3) is 0.412. The molecule has 1 heterocycles. The van der Waals surface area contributed by atoms with Crippen LogP contribution in [0.25, 0.3) is 11.3 Å². The van der Waals surface area contributed by atoms with E-state index in [0.717, 1.165) is 18.4 Å². The van der Waals surface area contributed by atoms with Crippen LogP contribution in [0.15, 0.2) is 24.5 Å². The summed E-state index contributed by atoms with van der Waals surface area (Å²) >= 11 is 12.2. The van der Waals surface area contributed by atoms with Gasteiger partial charge in [0.25, 0.3) is 0 Å². The molecule has 0 spiro atoms. The van der Waals surface area contributed by atoms with Crippen LogP contribution in [0.1, 0.15) is 39.5 Å². The molecule has 0 aliphatic carbocycles. The Morgan fingerprint density at radius 2 is 2.00 bits per heavy atom. The van der Waals surface area contributed by atoms with Crippen LogP contribution in [0, 0.1) is 0 Å². The van der Waals surface area contributed by atoms with Crippen molar-refractivity contribution < 1.29 is 0 Å². The fourth-order valence-electron chi connectivity index (χ4n) is 2.43. The van der Waals surface area contributed by atoms with Gasteiger partial charge < -0.3 is 11.1 Å². The maximum absolute atomic E-state index is 6.27. The fourth-order valence-corrected chi connectivity index (χ4v) is 2.93. The van der Waals surface area contributed by atoms with Crippen LogP contribution in [0.3, 0.4) is 0 Å². The van der Waals surface area contributed by atoms with Crippen LogP contribution in [-0.4, -0.2) is 16.0 Å². The number of anilines is 2. The first-order chi connectivity index (χ1) is 11.1. The van der Waals surface area contributed by atoms with Gasteiger partial charge in [-0.15, -0.1) is 0 Å². The first kappa shape index (κ1) is 17.8. The van der Waals surface area contributed by atoms with Crippen molar-refractivity contribution in [2.45, 2.75) is 45.6 Å². The summed E-state index contributed by atoms with van der Waals surface area (Å²) in [5, 5.41) is 4.53. The Morgan fingerprint density at radius 1 is 1.22 bits per heavy atom. The van der Waals surface area contributed by atoms with E-state index in [1.807, 2.05) is 6.07 Å². The van der Waals surface area contributed by atoms with Crippen molar-refractivity contribution in [2.75, 3.05) is 11.1 Å². The van der Waals surface area contributed by atoms with Crippen molar-refractivity contribution in [1.29, 1.82) is 0 Å². The van der Waals surface area contributed by atoms with Gasteiger partial charge in [0.15, 0.2) is 5.82 Å². The van der Waals surface area contributed by atoms with Gasteiger partial charge in [-0.05, 0) is 31.0 Å². The Balaban J connectivity index is 2.30. The van der Waals surface area contributed by atoms with Gasteiger partial charge in [-0.3, -0.25) is 0 Å². The van der Waals surface area contributed by atoms with Crippen molar-refractivity contribution in [3.8, 4) is 11.3 Å². The molecule has 23 heavy (non-hydrogen) atoms. The highest BCUT2D eigenvalue weighted by Crippen LogP contribution is 2.34. The molecule has 3 N–H and O–H groups in total. The van der Waals surface area contributed by atoms with Crippen molar-refractivity contribution in [3.63, 3.8) is 0 Å². The lowest BCUT2D eigenvalue weighted by molar-refractivity contribution is 0.592. The normalized spacial score (nSPS) is 12.2. The minimum atomic E-state index is 0.348. The third-order valence-corrected chi connectivity index (χ3v) is 4.36. The van der Waals surface area contributed by atoms with Gasteiger partial charge in [-0.2, -0.15) is 0 Å². The molecular weight excluding hydrogens is 331 g/mol. The maximum Gasteiger partial charge on any atom is 0.153 e. The Hall–Kier alpha value is -1.52. The topological polar surface area (TPSA) is 63.8 Å². The molecule has 0 fully saturated rings. The molecule has 0 saturated carbocycles. The number of nitrogens with zero attached hydrogens (tertiary/aromatic N) is 2. The monoisotopic (exact) mass is 352 g/mol. The van der Waals surface area contributed by atoms with E-state index in [2.05, 4.69) is 29.1 Å². The molecule has 0 aliphatic heterocycles. The molecule has 1 aromatic heterocycles. The summed E-state index contributed by atoms with van der Waals surface area (Å²) in [6.45, 7) is 4.34. The number of aromatic nitrogens is 2. The summed E-state index contributed by atoms with van der Waals surface area (Å²) in [6, 6.07) is 5.62. The molecule has 0 amide bonds. The molecule has 0 radical (unpaired) electrons. The second-order valence-electron chi connectivity index (χ2n) is 5.50. The first-order valence-corrected chi connectivity index (χ1v) is 8.64. The maximum atomic E-state index is 6.27. The predicted octanol–water partition coefficient (Wildman–Crippen LogP) is 5.41. The van der Waals surface area contributed by atoms with E-state index >= 15 is 0 Å². The molecule has 1 atom stereocenters. The van der Waals surface area contributed by atoms with Crippen molar-refractivity contribution >= 4 is 34.7 Å². The average Bonchev–Trinajstić information content (AvgIpc) is 2.53. The van der Waals surface area contributed by atoms with E-state index in [9.17, 15) is 0 Å². The SMILES string of the molecule is CCCCC(CC)Nc1ncnc(-c2ccc(Cl)cc2Cl)c1N. The van der Waals surface area contributed by atoms with E-state index in [0.29, 0.717) is 33.3 Å². The van der Waals surface area contributed by atoms with E-state index in [4.69, 9.17) is 28.9 Å². The number of rotatable bonds is 7. The average molecular weight is 353 g/mol. The Morgan fingerprint density at radius 3 is 2.65 bits per heavy atom. The molecule has 0 saturated heterocycles. The molecule has 4 nitrogen and oxygen atoms in total. The number of unbranched alkanes of at least 4 members (excludes halogenated alkanes) is 1. The number of nitrogens with two attached hydrogens (primary N) is 1. The molecule has 2 rings (SSSR count). The minimum absolute atomic E-state index is 0.348. The Labute approximate surface area is 147 Å². The van der Waals surface area contributed by atoms with Gasteiger partial charge >= 0.3 is 0 Å². The van der Waals surface area contributed by atoms with E-state index in [1.165, 1.54) is 19.2 Å². The number of halogens is 2. The lowest BCUT2D eigenvalue weighted by Gasteiger charge is -2.19. The number of hydrogen-bond donors (Lipinski definition) is 2. The minimum Gasteiger partial charge on any atom is -0.394 e. The smallest absolute Gasteiger partial charge is 0.153 e. The second-order valence-corrected chi connectivity index (χ2v) is 6.34. The molecule has 0 bridgehead atoms. The van der Waals surface area contributed by atoms with Crippen LogP contribution < -0.4 is 11.1 Å². The third kappa shape index (κ3) is 4.49. The van der Waals surface area contributed by atoms with Gasteiger partial charge in [-0.1, -0.05) is 49.9 Å². The largest absolute Gasteiger partial charge is 0.394 e. The van der Waals surface area contributed by atoms with Gasteiger partial charge in [0, 0.05) is 16.6 Å². The summed E-state index contributed by atoms with van der Waals surface area (Å²) in [7, 11) is 0. The van der Waals surface area contributed by atoms with Crippen LogP contribution in [-0.2, 0) is 0 Å². The van der Waals surface area contributed by atoms with Crippen molar-refractivity contribution in [2.24, 2.45) is 0 Å². The summed E-state index contributed by atoms with van der Waals surface area (Å²) in [4.78, 5) is 8.58. The van der Waals surface area contributed by atoms with Crippen LogP contribution in [0.5, 0.6) is 0 Å². The molecule has 0 aliphatic rings. The van der Waals surface area contributed by atoms with E-state index in [-0.39, 0.29) is 0 Å². The summed E-state index contributed by atoms with van der Waals surface area (Å²) in [5.41, 5.74) is 8.15.